The summed E-state index contributed by atoms with van der Waals surface area (Å²) in [4.78, 5) is 21.9. The second kappa shape index (κ2) is 11.2. The van der Waals surface area contributed by atoms with Crippen molar-refractivity contribution in [1.82, 2.24) is 25.3 Å². The number of halogens is 1. The van der Waals surface area contributed by atoms with Crippen molar-refractivity contribution in [2.45, 2.75) is 45.1 Å². The molecule has 0 aliphatic carbocycles. The van der Waals surface area contributed by atoms with E-state index in [-0.39, 0.29) is 11.8 Å². The van der Waals surface area contributed by atoms with Crippen molar-refractivity contribution in [3.05, 3.63) is 34.6 Å². The third kappa shape index (κ3) is 6.60. The van der Waals surface area contributed by atoms with Crippen LogP contribution in [-0.2, 0) is 11.3 Å². The van der Waals surface area contributed by atoms with E-state index in [4.69, 9.17) is 4.52 Å². The van der Waals surface area contributed by atoms with E-state index in [1.807, 2.05) is 24.3 Å². The van der Waals surface area contributed by atoms with Gasteiger partial charge in [-0.3, -0.25) is 9.69 Å². The zero-order valence-corrected chi connectivity index (χ0v) is 19.6. The lowest BCUT2D eigenvalue weighted by atomic mass is 9.96. The average molecular weight is 490 g/mol. The standard InChI is InChI=1S/C23H32BrN5O2/c24-20-7-5-18(6-8-20)22-26-21(31-27-22)17-29-15-9-19(10-16-29)23(30)25-11-4-14-28-12-2-1-3-13-28/h5-8,19H,1-4,9-17H2,(H,25,30). The minimum atomic E-state index is 0.118. The molecule has 0 spiro atoms. The summed E-state index contributed by atoms with van der Waals surface area (Å²) in [5, 5.41) is 7.26. The van der Waals surface area contributed by atoms with Gasteiger partial charge in [0.15, 0.2) is 0 Å². The zero-order valence-electron chi connectivity index (χ0n) is 18.1. The fourth-order valence-electron chi connectivity index (χ4n) is 4.42. The smallest absolute Gasteiger partial charge is 0.241 e. The molecule has 2 fully saturated rings. The van der Waals surface area contributed by atoms with Gasteiger partial charge < -0.3 is 14.7 Å². The second-order valence-corrected chi connectivity index (χ2v) is 9.53. The fraction of sp³-hybridized carbons (Fsp3) is 0.609. The Balaban J connectivity index is 1.15. The summed E-state index contributed by atoms with van der Waals surface area (Å²) in [6.07, 6.45) is 6.81. The van der Waals surface area contributed by atoms with Gasteiger partial charge in [0.25, 0.3) is 0 Å². The van der Waals surface area contributed by atoms with Gasteiger partial charge in [0, 0.05) is 22.5 Å². The van der Waals surface area contributed by atoms with E-state index in [2.05, 4.69) is 41.2 Å². The Kier molecular flexibility index (Phi) is 8.10. The second-order valence-electron chi connectivity index (χ2n) is 8.62. The maximum absolute atomic E-state index is 12.5. The normalized spacial score (nSPS) is 18.9. The predicted octanol–water partition coefficient (Wildman–Crippen LogP) is 3.70. The van der Waals surface area contributed by atoms with Crippen LogP contribution < -0.4 is 5.32 Å². The van der Waals surface area contributed by atoms with Crippen molar-refractivity contribution in [2.75, 3.05) is 39.3 Å². The van der Waals surface area contributed by atoms with Gasteiger partial charge in [-0.05, 0) is 89.1 Å². The molecule has 0 bridgehead atoms. The SMILES string of the molecule is O=C(NCCCN1CCCCC1)C1CCN(Cc2nc(-c3ccc(Br)cc3)no2)CC1. The summed E-state index contributed by atoms with van der Waals surface area (Å²) < 4.78 is 6.47. The third-order valence-corrected chi connectivity index (χ3v) is 6.82. The van der Waals surface area contributed by atoms with Crippen molar-refractivity contribution in [2.24, 2.45) is 5.92 Å². The summed E-state index contributed by atoms with van der Waals surface area (Å²) in [6, 6.07) is 7.87. The minimum Gasteiger partial charge on any atom is -0.356 e. The molecule has 1 amide bonds. The lowest BCUT2D eigenvalue weighted by Crippen LogP contribution is -2.41. The van der Waals surface area contributed by atoms with Crippen LogP contribution in [0.1, 0.15) is 44.4 Å². The molecule has 2 aliphatic rings. The molecule has 0 saturated carbocycles. The topological polar surface area (TPSA) is 74.5 Å². The number of hydrogen-bond donors (Lipinski definition) is 1. The molecule has 7 nitrogen and oxygen atoms in total. The Labute approximate surface area is 192 Å². The van der Waals surface area contributed by atoms with Crippen molar-refractivity contribution < 1.29 is 9.32 Å². The first-order valence-electron chi connectivity index (χ1n) is 11.5. The van der Waals surface area contributed by atoms with Gasteiger partial charge >= 0.3 is 0 Å². The molecule has 0 atom stereocenters. The van der Waals surface area contributed by atoms with E-state index in [9.17, 15) is 4.79 Å². The van der Waals surface area contributed by atoms with Gasteiger partial charge in [-0.1, -0.05) is 27.5 Å². The Morgan fingerprint density at radius 3 is 2.55 bits per heavy atom. The van der Waals surface area contributed by atoms with E-state index in [1.165, 1.54) is 32.4 Å². The van der Waals surface area contributed by atoms with Crippen LogP contribution in [0.3, 0.4) is 0 Å². The number of benzene rings is 1. The van der Waals surface area contributed by atoms with Crippen LogP contribution in [0, 0.1) is 5.92 Å². The molecule has 0 unspecified atom stereocenters. The van der Waals surface area contributed by atoms with Gasteiger partial charge in [-0.25, -0.2) is 0 Å². The Hall–Kier alpha value is -1.77. The van der Waals surface area contributed by atoms with Crippen LogP contribution in [0.2, 0.25) is 0 Å². The first-order chi connectivity index (χ1) is 15.2. The molecular weight excluding hydrogens is 458 g/mol. The molecule has 0 radical (unpaired) electrons. The lowest BCUT2D eigenvalue weighted by molar-refractivity contribution is -0.126. The van der Waals surface area contributed by atoms with Gasteiger partial charge in [-0.2, -0.15) is 4.98 Å². The Morgan fingerprint density at radius 1 is 1.06 bits per heavy atom. The highest BCUT2D eigenvalue weighted by Crippen LogP contribution is 2.22. The van der Waals surface area contributed by atoms with Crippen LogP contribution in [0.25, 0.3) is 11.4 Å². The van der Waals surface area contributed by atoms with Gasteiger partial charge in [0.1, 0.15) is 0 Å². The maximum Gasteiger partial charge on any atom is 0.241 e. The number of nitrogens with one attached hydrogen (secondary N) is 1. The molecular formula is C23H32BrN5O2. The maximum atomic E-state index is 12.5. The van der Waals surface area contributed by atoms with Gasteiger partial charge in [0.05, 0.1) is 6.54 Å². The summed E-state index contributed by atoms with van der Waals surface area (Å²) in [5.74, 6) is 1.57. The van der Waals surface area contributed by atoms with E-state index in [1.54, 1.807) is 0 Å². The van der Waals surface area contributed by atoms with Crippen LogP contribution in [0.15, 0.2) is 33.3 Å². The molecule has 31 heavy (non-hydrogen) atoms. The minimum absolute atomic E-state index is 0.118. The molecule has 168 valence electrons. The lowest BCUT2D eigenvalue weighted by Gasteiger charge is -2.30. The van der Waals surface area contributed by atoms with Gasteiger partial charge in [0.2, 0.25) is 17.6 Å². The van der Waals surface area contributed by atoms with E-state index in [0.717, 1.165) is 55.5 Å². The van der Waals surface area contributed by atoms with Crippen LogP contribution in [0.5, 0.6) is 0 Å². The van der Waals surface area contributed by atoms with Crippen molar-refractivity contribution in [3.63, 3.8) is 0 Å². The number of aromatic nitrogens is 2. The highest BCUT2D eigenvalue weighted by Gasteiger charge is 2.26. The monoisotopic (exact) mass is 489 g/mol. The molecule has 2 saturated heterocycles. The van der Waals surface area contributed by atoms with Crippen LogP contribution >= 0.6 is 15.9 Å². The highest BCUT2D eigenvalue weighted by molar-refractivity contribution is 9.10. The third-order valence-electron chi connectivity index (χ3n) is 6.29. The number of likely N-dealkylation sites (tertiary alicyclic amines) is 2. The predicted molar refractivity (Wildman–Crippen MR) is 123 cm³/mol. The molecule has 1 aromatic heterocycles. The molecule has 4 rings (SSSR count). The average Bonchev–Trinajstić information content (AvgIpc) is 3.27. The number of nitrogens with zero attached hydrogens (tertiary/aromatic N) is 4. The molecule has 3 heterocycles. The van der Waals surface area contributed by atoms with E-state index in [0.29, 0.717) is 18.3 Å². The molecule has 2 aromatic rings. The van der Waals surface area contributed by atoms with Crippen LogP contribution in [0.4, 0.5) is 0 Å². The number of carbonyl (C=O) groups excluding carboxylic acids is 1. The number of hydrogen-bond acceptors (Lipinski definition) is 6. The number of amides is 1. The summed E-state index contributed by atoms with van der Waals surface area (Å²) in [6.45, 7) is 6.72. The zero-order chi connectivity index (χ0) is 21.5. The van der Waals surface area contributed by atoms with E-state index < -0.39 is 0 Å². The largest absolute Gasteiger partial charge is 0.356 e. The molecule has 8 heteroatoms. The van der Waals surface area contributed by atoms with Crippen LogP contribution in [-0.4, -0.2) is 65.1 Å². The first kappa shape index (κ1) is 22.4. The van der Waals surface area contributed by atoms with Crippen molar-refractivity contribution in [3.8, 4) is 11.4 Å². The molecule has 2 aliphatic heterocycles. The summed E-state index contributed by atoms with van der Waals surface area (Å²) >= 11 is 3.44. The number of carbonyl (C=O) groups is 1. The fourth-order valence-corrected chi connectivity index (χ4v) is 4.69. The van der Waals surface area contributed by atoms with Crippen molar-refractivity contribution >= 4 is 21.8 Å². The van der Waals surface area contributed by atoms with Gasteiger partial charge in [-0.15, -0.1) is 0 Å². The number of piperidine rings is 2. The first-order valence-corrected chi connectivity index (χ1v) is 12.3. The quantitative estimate of drug-likeness (QED) is 0.569. The number of rotatable bonds is 8. The summed E-state index contributed by atoms with van der Waals surface area (Å²) in [5.41, 5.74) is 0.939. The van der Waals surface area contributed by atoms with E-state index >= 15 is 0 Å². The summed E-state index contributed by atoms with van der Waals surface area (Å²) in [7, 11) is 0. The molecule has 1 N–H and O–H groups in total. The Bertz CT molecular complexity index is 827. The van der Waals surface area contributed by atoms with Crippen molar-refractivity contribution in [1.29, 1.82) is 0 Å². The molecule has 1 aromatic carbocycles. The highest BCUT2D eigenvalue weighted by atomic mass is 79.9. The Morgan fingerprint density at radius 2 is 1.81 bits per heavy atom.